The van der Waals surface area contributed by atoms with Gasteiger partial charge in [-0.05, 0) is 0 Å². The van der Waals surface area contributed by atoms with Gasteiger partial charge >= 0.3 is 72.0 Å². The van der Waals surface area contributed by atoms with Gasteiger partial charge in [0.05, 0.1) is 0 Å². The second-order valence-electron chi connectivity index (χ2n) is 2.68. The summed E-state index contributed by atoms with van der Waals surface area (Å²) < 4.78 is 12.2. The van der Waals surface area contributed by atoms with E-state index in [0.717, 1.165) is 6.42 Å². The molecule has 0 saturated carbocycles. The molecule has 0 atom stereocenters. The standard InChI is InChI=1S/C5H5.2CH3O.CH3.ClH.Ti/c1-2-4-5-3-1;2*1-2;;;/h1-3H,4H2;2*1H3;1H3;1H;/q;2*-1;;;+3/p-1. The van der Waals surface area contributed by atoms with Gasteiger partial charge in [0.2, 0.25) is 0 Å². The van der Waals surface area contributed by atoms with Crippen LogP contribution in [0.1, 0.15) is 6.42 Å². The molecule has 0 unspecified atom stereocenters. The first-order chi connectivity index (χ1) is 5.23. The summed E-state index contributed by atoms with van der Waals surface area (Å²) >= 11 is -2.47. The topological polar surface area (TPSA) is 18.5 Å². The largest absolute Gasteiger partial charge is 1.00 e. The molecule has 0 bridgehead atoms. The third kappa shape index (κ3) is 2.44. The summed E-state index contributed by atoms with van der Waals surface area (Å²) in [6, 6.07) is 0. The van der Waals surface area contributed by atoms with Gasteiger partial charge in [-0.2, -0.15) is 0 Å². The molecule has 0 aromatic heterocycles. The van der Waals surface area contributed by atoms with Crippen LogP contribution in [0.15, 0.2) is 22.1 Å². The summed E-state index contributed by atoms with van der Waals surface area (Å²) in [5.74, 6) is 0. The minimum Gasteiger partial charge on any atom is -1.00 e. The maximum Gasteiger partial charge on any atom is -1.00 e. The van der Waals surface area contributed by atoms with E-state index in [2.05, 4.69) is 23.5 Å². The van der Waals surface area contributed by atoms with Gasteiger partial charge in [-0.15, -0.1) is 0 Å². The second-order valence-corrected chi connectivity index (χ2v) is 7.91. The predicted molar refractivity (Wildman–Crippen MR) is 41.7 cm³/mol. The fourth-order valence-corrected chi connectivity index (χ4v) is 3.59. The van der Waals surface area contributed by atoms with Crippen LogP contribution in [0.2, 0.25) is 5.23 Å². The molecule has 1 rings (SSSR count). The van der Waals surface area contributed by atoms with E-state index in [1.54, 1.807) is 14.2 Å². The number of hydrogen-bond acceptors (Lipinski definition) is 2. The average Bonchev–Trinajstić information content (AvgIpc) is 2.55. The molecule has 0 N–H and O–H groups in total. The molecule has 0 aliphatic heterocycles. The van der Waals surface area contributed by atoms with Crippen molar-refractivity contribution >= 4 is 0 Å². The van der Waals surface area contributed by atoms with Gasteiger partial charge in [-0.1, -0.05) is 0 Å². The number of rotatable bonds is 3. The van der Waals surface area contributed by atoms with Gasteiger partial charge in [-0.25, -0.2) is 0 Å². The van der Waals surface area contributed by atoms with Crippen molar-refractivity contribution in [2.45, 2.75) is 11.6 Å². The summed E-state index contributed by atoms with van der Waals surface area (Å²) in [6.45, 7) is 0. The second kappa shape index (κ2) is 5.20. The van der Waals surface area contributed by atoms with E-state index in [-0.39, 0.29) is 12.4 Å². The molecule has 0 spiro atoms. The van der Waals surface area contributed by atoms with Crippen LogP contribution in [0.25, 0.3) is 0 Å². The Morgan fingerprint density at radius 1 is 1.33 bits per heavy atom. The third-order valence-electron chi connectivity index (χ3n) is 2.13. The average molecular weight is 226 g/mol. The molecule has 0 radical (unpaired) electrons. The Bertz CT molecular complexity index is 197. The molecule has 0 amide bonds. The predicted octanol–water partition coefficient (Wildman–Crippen LogP) is -0.841. The Balaban J connectivity index is 0.00000121. The van der Waals surface area contributed by atoms with E-state index in [1.807, 2.05) is 0 Å². The number of hydrogen-bond donors (Lipinski definition) is 0. The quantitative estimate of drug-likeness (QED) is 0.583. The minimum atomic E-state index is -2.47. The summed E-state index contributed by atoms with van der Waals surface area (Å²) in [5, 5.41) is 2.11. The maximum absolute atomic E-state index is 5.43. The van der Waals surface area contributed by atoms with Crippen molar-refractivity contribution in [1.82, 2.24) is 0 Å². The van der Waals surface area contributed by atoms with E-state index >= 15 is 0 Å². The van der Waals surface area contributed by atoms with Crippen molar-refractivity contribution < 1.29 is 36.4 Å². The fraction of sp³-hybridized carbons (Fsp3) is 0.500. The monoisotopic (exact) mass is 225 g/mol. The normalized spacial score (nSPS) is 15.8. The van der Waals surface area contributed by atoms with Gasteiger partial charge in [0.25, 0.3) is 0 Å². The summed E-state index contributed by atoms with van der Waals surface area (Å²) in [6.07, 6.45) is 7.33. The maximum atomic E-state index is 5.43. The van der Waals surface area contributed by atoms with Gasteiger partial charge < -0.3 is 12.4 Å². The SMILES string of the molecule is C[O][Ti+]([CH3])([O]C)[C]1=CC=CC1.[Cl-]. The molecule has 1 aliphatic carbocycles. The molecular formula is C8H14ClO2Ti. The van der Waals surface area contributed by atoms with Crippen molar-refractivity contribution in [3.05, 3.63) is 22.1 Å². The van der Waals surface area contributed by atoms with Crippen LogP contribution in [0.3, 0.4) is 0 Å². The van der Waals surface area contributed by atoms with Crippen molar-refractivity contribution in [2.24, 2.45) is 0 Å². The molecule has 69 valence electrons. The van der Waals surface area contributed by atoms with E-state index in [4.69, 9.17) is 6.64 Å². The molecule has 4 heteroatoms. The molecule has 2 nitrogen and oxygen atoms in total. The Morgan fingerprint density at radius 3 is 2.25 bits per heavy atom. The van der Waals surface area contributed by atoms with Gasteiger partial charge in [0, 0.05) is 0 Å². The zero-order valence-electron chi connectivity index (χ0n) is 7.63. The summed E-state index contributed by atoms with van der Waals surface area (Å²) in [4.78, 5) is 0. The molecule has 12 heavy (non-hydrogen) atoms. The zero-order valence-corrected chi connectivity index (χ0v) is 9.95. The van der Waals surface area contributed by atoms with Crippen LogP contribution >= 0.6 is 0 Å². The molecule has 0 heterocycles. The van der Waals surface area contributed by atoms with Crippen LogP contribution < -0.4 is 12.4 Å². The van der Waals surface area contributed by atoms with E-state index < -0.39 is 17.4 Å². The van der Waals surface area contributed by atoms with Crippen molar-refractivity contribution in [1.29, 1.82) is 0 Å². The van der Waals surface area contributed by atoms with E-state index in [1.165, 1.54) is 3.88 Å². The van der Waals surface area contributed by atoms with Crippen molar-refractivity contribution in [3.8, 4) is 0 Å². The Kier molecular flexibility index (Phi) is 5.38. The van der Waals surface area contributed by atoms with Crippen LogP contribution in [-0.4, -0.2) is 14.2 Å². The molecule has 0 aromatic rings. The zero-order chi connectivity index (χ0) is 8.32. The first-order valence-electron chi connectivity index (χ1n) is 3.69. The van der Waals surface area contributed by atoms with Gasteiger partial charge in [-0.3, -0.25) is 0 Å². The van der Waals surface area contributed by atoms with E-state index in [9.17, 15) is 0 Å². The van der Waals surface area contributed by atoms with Crippen molar-refractivity contribution in [3.63, 3.8) is 0 Å². The molecule has 1 aliphatic rings. The smallest absolute Gasteiger partial charge is 1.00 e. The van der Waals surface area contributed by atoms with Gasteiger partial charge in [0.15, 0.2) is 0 Å². The van der Waals surface area contributed by atoms with Crippen molar-refractivity contribution in [2.75, 3.05) is 14.2 Å². The van der Waals surface area contributed by atoms with Crippen LogP contribution in [0.5, 0.6) is 0 Å². The summed E-state index contributed by atoms with van der Waals surface area (Å²) in [5.41, 5.74) is 0. The molecular weight excluding hydrogens is 211 g/mol. The first kappa shape index (κ1) is 12.4. The minimum absolute atomic E-state index is 0. The summed E-state index contributed by atoms with van der Waals surface area (Å²) in [7, 11) is 3.48. The molecule has 0 saturated heterocycles. The fourth-order valence-electron chi connectivity index (χ4n) is 1.13. The number of halogens is 1. The first-order valence-corrected chi connectivity index (χ1v) is 7.31. The third-order valence-corrected chi connectivity index (χ3v) is 6.97. The number of allylic oxidation sites excluding steroid dienone is 4. The Labute approximate surface area is 84.3 Å². The van der Waals surface area contributed by atoms with Crippen LogP contribution in [-0.2, 0) is 24.0 Å². The van der Waals surface area contributed by atoms with Crippen LogP contribution in [0, 0.1) is 0 Å². The molecule has 0 aromatic carbocycles. The van der Waals surface area contributed by atoms with E-state index in [0.29, 0.717) is 0 Å². The Hall–Kier alpha value is 0.404. The Morgan fingerprint density at radius 2 is 1.92 bits per heavy atom. The molecule has 0 fully saturated rings. The van der Waals surface area contributed by atoms with Gasteiger partial charge in [0.1, 0.15) is 0 Å². The van der Waals surface area contributed by atoms with Crippen LogP contribution in [0.4, 0.5) is 0 Å².